The molecule has 110 valence electrons. The number of aromatic nitrogens is 2. The molecule has 0 N–H and O–H groups in total. The van der Waals surface area contributed by atoms with E-state index in [1.54, 1.807) is 41.4 Å². The number of aryl methyl sites for hydroxylation is 1. The Kier molecular flexibility index (Phi) is 4.87. The Bertz CT molecular complexity index is 624. The van der Waals surface area contributed by atoms with E-state index < -0.39 is 0 Å². The standard InChI is InChI=1S/C16H19N3O2/c1-4-19(5-2)15(20)13-7-6-8-14(11-13)21-16-17-10-9-12(3)18-16/h6-11H,4-5H2,1-3H3. The summed E-state index contributed by atoms with van der Waals surface area (Å²) in [5.41, 5.74) is 1.43. The van der Waals surface area contributed by atoms with E-state index in [-0.39, 0.29) is 11.9 Å². The third kappa shape index (κ3) is 3.78. The number of carbonyl (C=O) groups excluding carboxylic acids is 1. The first-order valence-electron chi connectivity index (χ1n) is 7.01. The first kappa shape index (κ1) is 15.0. The number of carbonyl (C=O) groups is 1. The minimum absolute atomic E-state index is 0.00406. The molecule has 0 radical (unpaired) electrons. The fraction of sp³-hybridized carbons (Fsp3) is 0.312. The summed E-state index contributed by atoms with van der Waals surface area (Å²) in [7, 11) is 0. The van der Waals surface area contributed by atoms with Crippen molar-refractivity contribution in [2.75, 3.05) is 13.1 Å². The molecule has 0 bridgehead atoms. The van der Waals surface area contributed by atoms with Crippen LogP contribution in [-0.2, 0) is 0 Å². The second kappa shape index (κ2) is 6.83. The Labute approximate surface area is 124 Å². The molecule has 0 saturated carbocycles. The topological polar surface area (TPSA) is 55.3 Å². The van der Waals surface area contributed by atoms with Crippen molar-refractivity contribution in [3.8, 4) is 11.8 Å². The molecule has 1 heterocycles. The quantitative estimate of drug-likeness (QED) is 0.847. The van der Waals surface area contributed by atoms with Crippen LogP contribution < -0.4 is 4.74 Å². The maximum atomic E-state index is 12.3. The van der Waals surface area contributed by atoms with Gasteiger partial charge in [0.1, 0.15) is 5.75 Å². The van der Waals surface area contributed by atoms with Crippen molar-refractivity contribution in [2.45, 2.75) is 20.8 Å². The number of hydrogen-bond acceptors (Lipinski definition) is 4. The van der Waals surface area contributed by atoms with Crippen LogP contribution in [0, 0.1) is 6.92 Å². The van der Waals surface area contributed by atoms with E-state index in [1.807, 2.05) is 20.8 Å². The van der Waals surface area contributed by atoms with E-state index in [1.165, 1.54) is 0 Å². The van der Waals surface area contributed by atoms with Gasteiger partial charge in [-0.1, -0.05) is 6.07 Å². The first-order chi connectivity index (χ1) is 10.1. The van der Waals surface area contributed by atoms with Crippen LogP contribution in [0.15, 0.2) is 36.5 Å². The SMILES string of the molecule is CCN(CC)C(=O)c1cccc(Oc2nccc(C)n2)c1. The molecule has 1 aromatic carbocycles. The lowest BCUT2D eigenvalue weighted by atomic mass is 10.2. The summed E-state index contributed by atoms with van der Waals surface area (Å²) in [5.74, 6) is 0.550. The van der Waals surface area contributed by atoms with Gasteiger partial charge in [0.25, 0.3) is 5.91 Å². The monoisotopic (exact) mass is 285 g/mol. The van der Waals surface area contributed by atoms with Crippen LogP contribution in [0.3, 0.4) is 0 Å². The Morgan fingerprint density at radius 1 is 1.24 bits per heavy atom. The highest BCUT2D eigenvalue weighted by molar-refractivity contribution is 5.94. The van der Waals surface area contributed by atoms with Crippen molar-refractivity contribution in [1.29, 1.82) is 0 Å². The summed E-state index contributed by atoms with van der Waals surface area (Å²) < 4.78 is 5.60. The number of amides is 1. The van der Waals surface area contributed by atoms with Gasteiger partial charge < -0.3 is 9.64 Å². The molecule has 0 atom stereocenters. The molecule has 0 aliphatic rings. The third-order valence-corrected chi connectivity index (χ3v) is 3.11. The van der Waals surface area contributed by atoms with Gasteiger partial charge in [0.15, 0.2) is 0 Å². The van der Waals surface area contributed by atoms with Gasteiger partial charge in [0.2, 0.25) is 0 Å². The largest absolute Gasteiger partial charge is 0.424 e. The number of benzene rings is 1. The lowest BCUT2D eigenvalue weighted by Gasteiger charge is -2.18. The number of rotatable bonds is 5. The highest BCUT2D eigenvalue weighted by atomic mass is 16.5. The van der Waals surface area contributed by atoms with Gasteiger partial charge in [-0.15, -0.1) is 0 Å². The summed E-state index contributed by atoms with van der Waals surface area (Å²) in [6.07, 6.45) is 1.64. The normalized spacial score (nSPS) is 10.2. The zero-order chi connectivity index (χ0) is 15.2. The molecule has 0 saturated heterocycles. The van der Waals surface area contributed by atoms with Crippen molar-refractivity contribution in [3.63, 3.8) is 0 Å². The fourth-order valence-electron chi connectivity index (χ4n) is 1.97. The zero-order valence-electron chi connectivity index (χ0n) is 12.5. The predicted octanol–water partition coefficient (Wildman–Crippen LogP) is 3.06. The number of ether oxygens (including phenoxy) is 1. The molecular formula is C16H19N3O2. The summed E-state index contributed by atoms with van der Waals surface area (Å²) in [5, 5.41) is 0. The van der Waals surface area contributed by atoms with Crippen molar-refractivity contribution in [1.82, 2.24) is 14.9 Å². The average molecular weight is 285 g/mol. The predicted molar refractivity (Wildman–Crippen MR) is 80.5 cm³/mol. The summed E-state index contributed by atoms with van der Waals surface area (Å²) in [4.78, 5) is 22.3. The molecule has 21 heavy (non-hydrogen) atoms. The molecule has 0 aliphatic carbocycles. The number of nitrogens with zero attached hydrogens (tertiary/aromatic N) is 3. The second-order valence-electron chi connectivity index (χ2n) is 4.59. The Hall–Kier alpha value is -2.43. The van der Waals surface area contributed by atoms with Crippen LogP contribution in [0.5, 0.6) is 11.8 Å². The molecule has 5 nitrogen and oxygen atoms in total. The maximum Gasteiger partial charge on any atom is 0.322 e. The van der Waals surface area contributed by atoms with Crippen LogP contribution in [0.2, 0.25) is 0 Å². The zero-order valence-corrected chi connectivity index (χ0v) is 12.5. The van der Waals surface area contributed by atoms with Crippen molar-refractivity contribution in [2.24, 2.45) is 0 Å². The van der Waals surface area contributed by atoms with Gasteiger partial charge in [-0.25, -0.2) is 9.97 Å². The third-order valence-electron chi connectivity index (χ3n) is 3.11. The van der Waals surface area contributed by atoms with E-state index in [9.17, 15) is 4.79 Å². The van der Waals surface area contributed by atoms with E-state index in [2.05, 4.69) is 9.97 Å². The molecule has 1 aromatic heterocycles. The van der Waals surface area contributed by atoms with E-state index >= 15 is 0 Å². The van der Waals surface area contributed by atoms with Crippen LogP contribution >= 0.6 is 0 Å². The Morgan fingerprint density at radius 2 is 2.00 bits per heavy atom. The maximum absolute atomic E-state index is 12.3. The fourth-order valence-corrected chi connectivity index (χ4v) is 1.97. The van der Waals surface area contributed by atoms with Crippen LogP contribution in [-0.4, -0.2) is 33.9 Å². The van der Waals surface area contributed by atoms with Gasteiger partial charge in [0, 0.05) is 30.5 Å². The molecule has 0 fully saturated rings. The highest BCUT2D eigenvalue weighted by Crippen LogP contribution is 2.20. The summed E-state index contributed by atoms with van der Waals surface area (Å²) in [6, 6.07) is 9.15. The van der Waals surface area contributed by atoms with E-state index in [4.69, 9.17) is 4.74 Å². The van der Waals surface area contributed by atoms with Crippen molar-refractivity contribution in [3.05, 3.63) is 47.8 Å². The van der Waals surface area contributed by atoms with Crippen molar-refractivity contribution >= 4 is 5.91 Å². The van der Waals surface area contributed by atoms with Gasteiger partial charge >= 0.3 is 6.01 Å². The summed E-state index contributed by atoms with van der Waals surface area (Å²) in [6.45, 7) is 7.16. The second-order valence-corrected chi connectivity index (χ2v) is 4.59. The van der Waals surface area contributed by atoms with Crippen molar-refractivity contribution < 1.29 is 9.53 Å². The molecule has 0 unspecified atom stereocenters. The van der Waals surface area contributed by atoms with Crippen LogP contribution in [0.25, 0.3) is 0 Å². The molecule has 1 amide bonds. The minimum atomic E-state index is -0.00406. The average Bonchev–Trinajstić information content (AvgIpc) is 2.48. The highest BCUT2D eigenvalue weighted by Gasteiger charge is 2.13. The van der Waals surface area contributed by atoms with Crippen LogP contribution in [0.1, 0.15) is 29.9 Å². The van der Waals surface area contributed by atoms with Gasteiger partial charge in [0.05, 0.1) is 0 Å². The Balaban J connectivity index is 2.20. The van der Waals surface area contributed by atoms with E-state index in [0.29, 0.717) is 24.4 Å². The Morgan fingerprint density at radius 3 is 2.67 bits per heavy atom. The van der Waals surface area contributed by atoms with Gasteiger partial charge in [-0.05, 0) is 45.0 Å². The first-order valence-corrected chi connectivity index (χ1v) is 7.01. The lowest BCUT2D eigenvalue weighted by Crippen LogP contribution is -2.30. The smallest absolute Gasteiger partial charge is 0.322 e. The molecular weight excluding hydrogens is 266 g/mol. The minimum Gasteiger partial charge on any atom is -0.424 e. The van der Waals surface area contributed by atoms with Gasteiger partial charge in [-0.3, -0.25) is 4.79 Å². The molecule has 2 aromatic rings. The molecule has 0 spiro atoms. The molecule has 5 heteroatoms. The van der Waals surface area contributed by atoms with E-state index in [0.717, 1.165) is 5.69 Å². The number of hydrogen-bond donors (Lipinski definition) is 0. The molecule has 0 aliphatic heterocycles. The molecule has 2 rings (SSSR count). The van der Waals surface area contributed by atoms with Gasteiger partial charge in [-0.2, -0.15) is 0 Å². The lowest BCUT2D eigenvalue weighted by molar-refractivity contribution is 0.0772. The van der Waals surface area contributed by atoms with Crippen LogP contribution in [0.4, 0.5) is 0 Å². The summed E-state index contributed by atoms with van der Waals surface area (Å²) >= 11 is 0.